The Bertz CT molecular complexity index is 618. The number of ether oxygens (including phenoxy) is 2. The fourth-order valence-corrected chi connectivity index (χ4v) is 4.29. The molecule has 0 aromatic carbocycles. The molecule has 1 aromatic rings. The van der Waals surface area contributed by atoms with Gasteiger partial charge in [-0.05, 0) is 38.5 Å². The van der Waals surface area contributed by atoms with Crippen LogP contribution in [0.1, 0.15) is 50.1 Å². The average molecular weight is 346 g/mol. The molecule has 2 fully saturated rings. The van der Waals surface area contributed by atoms with Crippen LogP contribution in [0.3, 0.4) is 0 Å². The maximum atomic E-state index is 12.7. The summed E-state index contributed by atoms with van der Waals surface area (Å²) in [6.07, 6.45) is 9.42. The Morgan fingerprint density at radius 1 is 1.12 bits per heavy atom. The highest BCUT2D eigenvalue weighted by molar-refractivity contribution is 5.78. The minimum absolute atomic E-state index is 0.0228. The molecule has 4 aliphatic rings. The molecule has 25 heavy (non-hydrogen) atoms. The van der Waals surface area contributed by atoms with Crippen molar-refractivity contribution in [2.24, 2.45) is 5.73 Å². The highest BCUT2D eigenvalue weighted by atomic mass is 16.5. The molecule has 7 heteroatoms. The Balaban J connectivity index is 1.61. The van der Waals surface area contributed by atoms with Crippen molar-refractivity contribution >= 4 is 5.91 Å². The van der Waals surface area contributed by atoms with E-state index < -0.39 is 0 Å². The zero-order valence-electron chi connectivity index (χ0n) is 14.5. The van der Waals surface area contributed by atoms with E-state index in [9.17, 15) is 4.79 Å². The van der Waals surface area contributed by atoms with E-state index in [0.29, 0.717) is 24.9 Å². The predicted molar refractivity (Wildman–Crippen MR) is 91.2 cm³/mol. The summed E-state index contributed by atoms with van der Waals surface area (Å²) in [7, 11) is 0. The highest BCUT2D eigenvalue weighted by Crippen LogP contribution is 2.36. The Morgan fingerprint density at radius 2 is 1.92 bits per heavy atom. The van der Waals surface area contributed by atoms with Crippen molar-refractivity contribution in [3.05, 3.63) is 18.1 Å². The van der Waals surface area contributed by atoms with Crippen LogP contribution >= 0.6 is 0 Å². The van der Waals surface area contributed by atoms with E-state index in [0.717, 1.165) is 44.2 Å². The molecule has 1 aromatic heterocycles. The van der Waals surface area contributed by atoms with Crippen molar-refractivity contribution in [2.45, 2.75) is 62.6 Å². The molecule has 1 saturated carbocycles. The van der Waals surface area contributed by atoms with Crippen molar-refractivity contribution in [3.8, 4) is 5.88 Å². The van der Waals surface area contributed by atoms with Gasteiger partial charge in [-0.1, -0.05) is 0 Å². The van der Waals surface area contributed by atoms with Gasteiger partial charge in [0.15, 0.2) is 6.61 Å². The van der Waals surface area contributed by atoms with Gasteiger partial charge in [0.2, 0.25) is 5.88 Å². The second-order valence-corrected chi connectivity index (χ2v) is 7.30. The number of piperidine rings is 1. The van der Waals surface area contributed by atoms with Gasteiger partial charge >= 0.3 is 0 Å². The molecule has 3 aliphatic heterocycles. The number of nitrogens with two attached hydrogens (primary N) is 1. The van der Waals surface area contributed by atoms with Crippen LogP contribution in [0.5, 0.6) is 5.88 Å². The third kappa shape index (κ3) is 3.48. The summed E-state index contributed by atoms with van der Waals surface area (Å²) in [5.41, 5.74) is 7.17. The smallest absolute Gasteiger partial charge is 0.260 e. The summed E-state index contributed by atoms with van der Waals surface area (Å²) in [6, 6.07) is -0.101. The van der Waals surface area contributed by atoms with Gasteiger partial charge in [-0.2, -0.15) is 0 Å². The maximum Gasteiger partial charge on any atom is 0.260 e. The van der Waals surface area contributed by atoms with E-state index in [4.69, 9.17) is 15.2 Å². The van der Waals surface area contributed by atoms with Gasteiger partial charge in [0.25, 0.3) is 5.91 Å². The number of carbonyl (C=O) groups is 1. The van der Waals surface area contributed by atoms with E-state index >= 15 is 0 Å². The lowest BCUT2D eigenvalue weighted by Crippen LogP contribution is -2.57. The minimum Gasteiger partial charge on any atom is -0.466 e. The van der Waals surface area contributed by atoms with Gasteiger partial charge < -0.3 is 20.1 Å². The quantitative estimate of drug-likeness (QED) is 0.760. The van der Waals surface area contributed by atoms with E-state index in [-0.39, 0.29) is 30.7 Å². The molecule has 2 N–H and O–H groups in total. The predicted octanol–water partition coefficient (Wildman–Crippen LogP) is 1.23. The van der Waals surface area contributed by atoms with E-state index in [2.05, 4.69) is 9.97 Å². The molecule has 1 amide bonds. The lowest BCUT2D eigenvalue weighted by atomic mass is 9.85. The van der Waals surface area contributed by atoms with Crippen LogP contribution in [0, 0.1) is 0 Å². The molecule has 5 rings (SSSR count). The zero-order chi connectivity index (χ0) is 17.2. The first-order chi connectivity index (χ1) is 12.2. The average Bonchev–Trinajstić information content (AvgIpc) is 2.66. The van der Waals surface area contributed by atoms with Crippen molar-refractivity contribution in [3.63, 3.8) is 0 Å². The number of carbonyl (C=O) groups excluding carboxylic acids is 1. The molecule has 7 nitrogen and oxygen atoms in total. The van der Waals surface area contributed by atoms with Crippen LogP contribution in [-0.4, -0.2) is 58.7 Å². The van der Waals surface area contributed by atoms with Crippen LogP contribution in [0.25, 0.3) is 0 Å². The number of rotatable bonds is 0. The molecule has 0 spiro atoms. The second-order valence-electron chi connectivity index (χ2n) is 7.30. The summed E-state index contributed by atoms with van der Waals surface area (Å²) < 4.78 is 12.0. The largest absolute Gasteiger partial charge is 0.466 e. The number of aromatic nitrogens is 2. The Kier molecular flexibility index (Phi) is 4.85. The first-order valence-electron chi connectivity index (χ1n) is 9.32. The normalized spacial score (nSPS) is 33.3. The summed E-state index contributed by atoms with van der Waals surface area (Å²) in [4.78, 5) is 23.4. The molecule has 4 heterocycles. The summed E-state index contributed by atoms with van der Waals surface area (Å²) in [5, 5.41) is 0. The molecule has 2 bridgehead atoms. The third-order valence-corrected chi connectivity index (χ3v) is 5.74. The Labute approximate surface area is 147 Å². The lowest BCUT2D eigenvalue weighted by Gasteiger charge is -2.40. The SMILES string of the molecule is NC1CCCN2C(=O)COc3nccnc3C3CCC(CC3)OCC12. The summed E-state index contributed by atoms with van der Waals surface area (Å²) in [5.74, 6) is 0.772. The minimum atomic E-state index is -0.0651. The van der Waals surface area contributed by atoms with Crippen LogP contribution in [0.2, 0.25) is 0 Å². The Hall–Kier alpha value is -1.73. The molecular formula is C18H26N4O3. The number of fused-ring (bicyclic) bond motifs is 5. The van der Waals surface area contributed by atoms with E-state index in [1.54, 1.807) is 12.4 Å². The second kappa shape index (κ2) is 7.25. The molecule has 136 valence electrons. The molecule has 1 aliphatic carbocycles. The van der Waals surface area contributed by atoms with Gasteiger partial charge in [0, 0.05) is 30.9 Å². The molecule has 2 atom stereocenters. The van der Waals surface area contributed by atoms with Gasteiger partial charge in [-0.15, -0.1) is 0 Å². The molecule has 0 radical (unpaired) electrons. The van der Waals surface area contributed by atoms with Gasteiger partial charge in [0.05, 0.1) is 18.8 Å². The molecular weight excluding hydrogens is 320 g/mol. The third-order valence-electron chi connectivity index (χ3n) is 5.74. The van der Waals surface area contributed by atoms with Crippen molar-refractivity contribution in [2.75, 3.05) is 19.8 Å². The molecule has 2 unspecified atom stereocenters. The number of hydrogen-bond donors (Lipinski definition) is 1. The first kappa shape index (κ1) is 16.7. The van der Waals surface area contributed by atoms with Crippen LogP contribution in [-0.2, 0) is 9.53 Å². The standard InChI is InChI=1S/C18H26N4O3/c19-14-2-1-9-22-15(14)10-24-13-5-3-12(4-6-13)17-18(21-8-7-20-17)25-11-16(22)23/h7-8,12-15H,1-6,9-11,19H2. The van der Waals surface area contributed by atoms with Crippen LogP contribution < -0.4 is 10.5 Å². The number of nitrogens with zero attached hydrogens (tertiary/aromatic N) is 3. The maximum absolute atomic E-state index is 12.7. The first-order valence-corrected chi connectivity index (χ1v) is 9.32. The van der Waals surface area contributed by atoms with Gasteiger partial charge in [0.1, 0.15) is 5.69 Å². The van der Waals surface area contributed by atoms with Gasteiger partial charge in [-0.25, -0.2) is 4.98 Å². The summed E-state index contributed by atoms with van der Waals surface area (Å²) in [6.45, 7) is 1.21. The van der Waals surface area contributed by atoms with Gasteiger partial charge in [-0.3, -0.25) is 9.78 Å². The van der Waals surface area contributed by atoms with E-state index in [1.807, 2.05) is 4.90 Å². The molecule has 1 saturated heterocycles. The topological polar surface area (TPSA) is 90.6 Å². The fraction of sp³-hybridized carbons (Fsp3) is 0.722. The Morgan fingerprint density at radius 3 is 2.76 bits per heavy atom. The highest BCUT2D eigenvalue weighted by Gasteiger charge is 2.35. The fourth-order valence-electron chi connectivity index (χ4n) is 4.29. The van der Waals surface area contributed by atoms with Crippen molar-refractivity contribution < 1.29 is 14.3 Å². The number of hydrogen-bond acceptors (Lipinski definition) is 6. The number of amides is 1. The van der Waals surface area contributed by atoms with Crippen molar-refractivity contribution in [1.82, 2.24) is 14.9 Å². The van der Waals surface area contributed by atoms with Crippen LogP contribution in [0.15, 0.2) is 12.4 Å². The van der Waals surface area contributed by atoms with Crippen molar-refractivity contribution in [1.29, 1.82) is 0 Å². The van der Waals surface area contributed by atoms with Crippen LogP contribution in [0.4, 0.5) is 0 Å². The van der Waals surface area contributed by atoms with E-state index in [1.165, 1.54) is 0 Å². The monoisotopic (exact) mass is 346 g/mol. The lowest BCUT2D eigenvalue weighted by molar-refractivity contribution is -0.140. The summed E-state index contributed by atoms with van der Waals surface area (Å²) >= 11 is 0. The zero-order valence-corrected chi connectivity index (χ0v) is 14.5.